The van der Waals surface area contributed by atoms with E-state index in [0.29, 0.717) is 35.1 Å². The molecule has 1 aromatic heterocycles. The minimum Gasteiger partial charge on any atom is -0.493 e. The number of methoxy groups -OCH3 is 2. The molecule has 0 spiro atoms. The van der Waals surface area contributed by atoms with Gasteiger partial charge in [-0.3, -0.25) is 4.79 Å². The first kappa shape index (κ1) is 17.8. The number of hydrogen-bond acceptors (Lipinski definition) is 5. The maximum Gasteiger partial charge on any atom is 0.224 e. The molecule has 6 heteroatoms. The molecule has 3 rings (SSSR count). The smallest absolute Gasteiger partial charge is 0.224 e. The van der Waals surface area contributed by atoms with Gasteiger partial charge in [-0.1, -0.05) is 12.1 Å². The van der Waals surface area contributed by atoms with Crippen LogP contribution in [0.15, 0.2) is 40.8 Å². The number of hydrogen-bond donors (Lipinski definition) is 1. The van der Waals surface area contributed by atoms with E-state index in [1.807, 2.05) is 36.4 Å². The van der Waals surface area contributed by atoms with Gasteiger partial charge in [0, 0.05) is 13.3 Å². The third-order valence-corrected chi connectivity index (χ3v) is 4.11. The second-order valence-corrected chi connectivity index (χ2v) is 5.98. The highest BCUT2D eigenvalue weighted by Gasteiger charge is 2.11. The highest BCUT2D eigenvalue weighted by Crippen LogP contribution is 2.28. The summed E-state index contributed by atoms with van der Waals surface area (Å²) < 4.78 is 16.1. The Hall–Kier alpha value is -3.02. The van der Waals surface area contributed by atoms with E-state index >= 15 is 0 Å². The molecule has 1 heterocycles. The minimum atomic E-state index is -0.0490. The molecule has 2 aromatic carbocycles. The molecule has 0 saturated carbocycles. The van der Waals surface area contributed by atoms with E-state index in [-0.39, 0.29) is 5.91 Å². The average molecular weight is 354 g/mol. The second kappa shape index (κ2) is 7.91. The molecule has 136 valence electrons. The van der Waals surface area contributed by atoms with Crippen molar-refractivity contribution in [2.45, 2.75) is 26.2 Å². The molecule has 0 fully saturated rings. The molecule has 6 nitrogen and oxygen atoms in total. The number of nitrogens with one attached hydrogen (secondary N) is 1. The number of aromatic nitrogens is 1. The molecule has 0 radical (unpaired) electrons. The van der Waals surface area contributed by atoms with E-state index in [9.17, 15) is 4.79 Å². The molecule has 1 amide bonds. The fraction of sp³-hybridized carbons (Fsp3) is 0.300. The molecule has 3 aromatic rings. The topological polar surface area (TPSA) is 73.6 Å². The quantitative estimate of drug-likeness (QED) is 0.691. The molecule has 0 aliphatic rings. The van der Waals surface area contributed by atoms with Crippen LogP contribution in [-0.2, 0) is 11.2 Å². The average Bonchev–Trinajstić information content (AvgIpc) is 3.03. The van der Waals surface area contributed by atoms with Gasteiger partial charge in [0.1, 0.15) is 5.52 Å². The second-order valence-electron chi connectivity index (χ2n) is 5.98. The zero-order valence-corrected chi connectivity index (χ0v) is 15.2. The van der Waals surface area contributed by atoms with Crippen LogP contribution in [0.3, 0.4) is 0 Å². The van der Waals surface area contributed by atoms with Crippen molar-refractivity contribution in [2.24, 2.45) is 0 Å². The van der Waals surface area contributed by atoms with Crippen molar-refractivity contribution in [2.75, 3.05) is 19.5 Å². The summed E-state index contributed by atoms with van der Waals surface area (Å²) in [4.78, 5) is 16.5. The van der Waals surface area contributed by atoms with Gasteiger partial charge in [0.2, 0.25) is 5.91 Å². The number of rotatable bonds is 7. The molecule has 0 unspecified atom stereocenters. The monoisotopic (exact) mass is 354 g/mol. The molecule has 0 saturated heterocycles. The Balaban J connectivity index is 1.57. The summed E-state index contributed by atoms with van der Waals surface area (Å²) in [5.41, 5.74) is 3.10. The summed E-state index contributed by atoms with van der Waals surface area (Å²) in [6, 6.07) is 11.3. The molecule has 1 N–H and O–H groups in total. The first-order valence-corrected chi connectivity index (χ1v) is 8.47. The number of carbonyl (C=O) groups is 1. The van der Waals surface area contributed by atoms with Crippen molar-refractivity contribution in [3.63, 3.8) is 0 Å². The Morgan fingerprint density at radius 1 is 1.15 bits per heavy atom. The van der Waals surface area contributed by atoms with Gasteiger partial charge >= 0.3 is 0 Å². The zero-order valence-electron chi connectivity index (χ0n) is 15.2. The van der Waals surface area contributed by atoms with Crippen LogP contribution < -0.4 is 14.8 Å². The van der Waals surface area contributed by atoms with E-state index in [0.717, 1.165) is 23.9 Å². The zero-order chi connectivity index (χ0) is 18.5. The first-order valence-electron chi connectivity index (χ1n) is 8.47. The van der Waals surface area contributed by atoms with E-state index in [1.165, 1.54) is 0 Å². The van der Waals surface area contributed by atoms with Crippen LogP contribution in [0.1, 0.15) is 24.3 Å². The highest BCUT2D eigenvalue weighted by atomic mass is 16.5. The van der Waals surface area contributed by atoms with Gasteiger partial charge in [-0.2, -0.15) is 0 Å². The van der Waals surface area contributed by atoms with Gasteiger partial charge in [-0.05, 0) is 42.7 Å². The van der Waals surface area contributed by atoms with Gasteiger partial charge in [0.05, 0.1) is 19.9 Å². The van der Waals surface area contributed by atoms with Crippen molar-refractivity contribution >= 4 is 22.7 Å². The van der Waals surface area contributed by atoms with Gasteiger partial charge in [0.15, 0.2) is 23.0 Å². The summed E-state index contributed by atoms with van der Waals surface area (Å²) >= 11 is 0. The number of aryl methyl sites for hydroxylation is 2. The van der Waals surface area contributed by atoms with Crippen LogP contribution in [0.25, 0.3) is 11.1 Å². The molecule has 0 atom stereocenters. The number of fused-ring (bicyclic) bond motifs is 1. The summed E-state index contributed by atoms with van der Waals surface area (Å²) in [7, 11) is 3.22. The lowest BCUT2D eigenvalue weighted by atomic mass is 10.1. The number of ether oxygens (including phenoxy) is 2. The number of para-hydroxylation sites is 1. The summed E-state index contributed by atoms with van der Waals surface area (Å²) in [5.74, 6) is 1.92. The summed E-state index contributed by atoms with van der Waals surface area (Å²) in [5, 5.41) is 2.91. The lowest BCUT2D eigenvalue weighted by Gasteiger charge is -2.09. The third-order valence-electron chi connectivity index (χ3n) is 4.11. The van der Waals surface area contributed by atoms with Crippen LogP contribution in [-0.4, -0.2) is 25.1 Å². The minimum absolute atomic E-state index is 0.0490. The normalized spacial score (nSPS) is 10.7. The van der Waals surface area contributed by atoms with Crippen molar-refractivity contribution in [1.29, 1.82) is 0 Å². The number of carbonyl (C=O) groups excluding carboxylic acids is 1. The van der Waals surface area contributed by atoms with Crippen molar-refractivity contribution in [1.82, 2.24) is 4.98 Å². The van der Waals surface area contributed by atoms with E-state index in [1.54, 1.807) is 21.1 Å². The van der Waals surface area contributed by atoms with Gasteiger partial charge in [-0.25, -0.2) is 4.98 Å². The molecule has 0 aliphatic heterocycles. The van der Waals surface area contributed by atoms with Gasteiger partial charge < -0.3 is 19.2 Å². The Morgan fingerprint density at radius 3 is 2.73 bits per heavy atom. The Kier molecular flexibility index (Phi) is 5.41. The summed E-state index contributed by atoms with van der Waals surface area (Å²) in [6.07, 6.45) is 1.92. The SMILES string of the molecule is COc1ccc(CCCC(=O)Nc2cccc3nc(C)oc23)cc1OC. The molecular weight excluding hydrogens is 332 g/mol. The Labute approximate surface area is 152 Å². The van der Waals surface area contributed by atoms with E-state index < -0.39 is 0 Å². The fourth-order valence-corrected chi connectivity index (χ4v) is 2.86. The Bertz CT molecular complexity index is 917. The predicted octanol–water partition coefficient (Wildman–Crippen LogP) is 4.11. The lowest BCUT2D eigenvalue weighted by Crippen LogP contribution is -2.11. The van der Waals surface area contributed by atoms with Crippen LogP contribution >= 0.6 is 0 Å². The maximum absolute atomic E-state index is 12.3. The molecule has 0 bridgehead atoms. The summed E-state index contributed by atoms with van der Waals surface area (Å²) in [6.45, 7) is 1.79. The van der Waals surface area contributed by atoms with Gasteiger partial charge in [-0.15, -0.1) is 0 Å². The predicted molar refractivity (Wildman–Crippen MR) is 99.9 cm³/mol. The number of amides is 1. The fourth-order valence-electron chi connectivity index (χ4n) is 2.86. The standard InChI is InChI=1S/C20H22N2O4/c1-13-21-15-7-5-8-16(20(15)26-13)22-19(23)9-4-6-14-10-11-17(24-2)18(12-14)25-3/h5,7-8,10-12H,4,6,9H2,1-3H3,(H,22,23). The van der Waals surface area contributed by atoms with E-state index in [4.69, 9.17) is 13.9 Å². The lowest BCUT2D eigenvalue weighted by molar-refractivity contribution is -0.116. The highest BCUT2D eigenvalue weighted by molar-refractivity contribution is 5.98. The molecule has 0 aliphatic carbocycles. The van der Waals surface area contributed by atoms with Crippen LogP contribution in [0.4, 0.5) is 5.69 Å². The number of anilines is 1. The van der Waals surface area contributed by atoms with Crippen LogP contribution in [0, 0.1) is 6.92 Å². The molecular formula is C20H22N2O4. The van der Waals surface area contributed by atoms with Gasteiger partial charge in [0.25, 0.3) is 0 Å². The van der Waals surface area contributed by atoms with E-state index in [2.05, 4.69) is 10.3 Å². The number of oxazole rings is 1. The number of benzene rings is 2. The Morgan fingerprint density at radius 2 is 1.96 bits per heavy atom. The molecule has 26 heavy (non-hydrogen) atoms. The maximum atomic E-state index is 12.3. The first-order chi connectivity index (χ1) is 12.6. The van der Waals surface area contributed by atoms with Crippen molar-refractivity contribution < 1.29 is 18.7 Å². The largest absolute Gasteiger partial charge is 0.493 e. The number of nitrogens with zero attached hydrogens (tertiary/aromatic N) is 1. The van der Waals surface area contributed by atoms with Crippen molar-refractivity contribution in [3.05, 3.63) is 47.9 Å². The van der Waals surface area contributed by atoms with Crippen molar-refractivity contribution in [3.8, 4) is 11.5 Å². The third kappa shape index (κ3) is 3.96. The van der Waals surface area contributed by atoms with Crippen LogP contribution in [0.5, 0.6) is 11.5 Å². The van der Waals surface area contributed by atoms with Crippen LogP contribution in [0.2, 0.25) is 0 Å².